The van der Waals surface area contributed by atoms with Gasteiger partial charge in [-0.1, -0.05) is 24.3 Å². The number of rotatable bonds is 6. The molecule has 1 atom stereocenters. The number of hydrogen-bond donors (Lipinski definition) is 1. The topological polar surface area (TPSA) is 29.5 Å². The predicted octanol–water partition coefficient (Wildman–Crippen LogP) is 3.15. The van der Waals surface area contributed by atoms with Crippen LogP contribution in [0.2, 0.25) is 0 Å². The SMILES string of the molecule is COc1ccccc1CC(CO)Cc1cccs1. The van der Waals surface area contributed by atoms with Gasteiger partial charge in [-0.05, 0) is 41.8 Å². The van der Waals surface area contributed by atoms with E-state index in [9.17, 15) is 5.11 Å². The molecule has 0 saturated carbocycles. The molecule has 0 bridgehead atoms. The highest BCUT2D eigenvalue weighted by Gasteiger charge is 2.13. The number of para-hydroxylation sites is 1. The van der Waals surface area contributed by atoms with E-state index in [1.54, 1.807) is 18.4 Å². The minimum atomic E-state index is 0.204. The minimum absolute atomic E-state index is 0.204. The fraction of sp³-hybridized carbons (Fsp3) is 0.333. The Hall–Kier alpha value is -1.32. The van der Waals surface area contributed by atoms with Crippen LogP contribution < -0.4 is 4.74 Å². The molecule has 0 spiro atoms. The molecule has 0 fully saturated rings. The second kappa shape index (κ2) is 6.57. The van der Waals surface area contributed by atoms with Crippen molar-refractivity contribution in [1.82, 2.24) is 0 Å². The number of aliphatic hydroxyl groups excluding tert-OH is 1. The standard InChI is InChI=1S/C15H18O2S/c1-17-15-7-3-2-5-13(15)9-12(11-16)10-14-6-4-8-18-14/h2-8,12,16H,9-11H2,1H3. The van der Waals surface area contributed by atoms with Crippen LogP contribution in [0.5, 0.6) is 5.75 Å². The summed E-state index contributed by atoms with van der Waals surface area (Å²) in [4.78, 5) is 1.32. The van der Waals surface area contributed by atoms with Gasteiger partial charge >= 0.3 is 0 Å². The van der Waals surface area contributed by atoms with E-state index in [0.717, 1.165) is 24.2 Å². The van der Waals surface area contributed by atoms with E-state index in [4.69, 9.17) is 4.74 Å². The van der Waals surface area contributed by atoms with Gasteiger partial charge in [-0.15, -0.1) is 11.3 Å². The lowest BCUT2D eigenvalue weighted by atomic mass is 9.96. The van der Waals surface area contributed by atoms with Crippen LogP contribution in [0.15, 0.2) is 41.8 Å². The van der Waals surface area contributed by atoms with Gasteiger partial charge in [0.1, 0.15) is 5.75 Å². The van der Waals surface area contributed by atoms with E-state index in [-0.39, 0.29) is 12.5 Å². The Bertz CT molecular complexity index is 465. The van der Waals surface area contributed by atoms with Crippen molar-refractivity contribution < 1.29 is 9.84 Å². The first kappa shape index (κ1) is 13.1. The second-order valence-electron chi connectivity index (χ2n) is 4.35. The van der Waals surface area contributed by atoms with Crippen molar-refractivity contribution in [1.29, 1.82) is 0 Å². The molecule has 3 heteroatoms. The highest BCUT2D eigenvalue weighted by molar-refractivity contribution is 7.09. The molecule has 0 radical (unpaired) electrons. The fourth-order valence-corrected chi connectivity index (χ4v) is 2.92. The third-order valence-corrected chi connectivity index (χ3v) is 3.93. The lowest BCUT2D eigenvalue weighted by molar-refractivity contribution is 0.224. The number of benzene rings is 1. The molecule has 1 unspecified atom stereocenters. The average Bonchev–Trinajstić information content (AvgIpc) is 2.91. The van der Waals surface area contributed by atoms with Crippen LogP contribution in [0.4, 0.5) is 0 Å². The van der Waals surface area contributed by atoms with Gasteiger partial charge in [-0.25, -0.2) is 0 Å². The van der Waals surface area contributed by atoms with Gasteiger partial charge in [-0.3, -0.25) is 0 Å². The molecule has 18 heavy (non-hydrogen) atoms. The molecular weight excluding hydrogens is 244 g/mol. The highest BCUT2D eigenvalue weighted by atomic mass is 32.1. The van der Waals surface area contributed by atoms with Crippen LogP contribution in [0.1, 0.15) is 10.4 Å². The lowest BCUT2D eigenvalue weighted by Crippen LogP contribution is -2.12. The summed E-state index contributed by atoms with van der Waals surface area (Å²) >= 11 is 1.74. The molecule has 0 aliphatic carbocycles. The first-order valence-corrected chi connectivity index (χ1v) is 6.96. The van der Waals surface area contributed by atoms with Gasteiger partial charge in [0.25, 0.3) is 0 Å². The summed E-state index contributed by atoms with van der Waals surface area (Å²) in [5.41, 5.74) is 1.16. The molecule has 2 nitrogen and oxygen atoms in total. The first-order chi connectivity index (χ1) is 8.83. The van der Waals surface area contributed by atoms with Crippen LogP contribution in [-0.4, -0.2) is 18.8 Å². The minimum Gasteiger partial charge on any atom is -0.496 e. The summed E-state index contributed by atoms with van der Waals surface area (Å²) in [6.07, 6.45) is 1.77. The smallest absolute Gasteiger partial charge is 0.122 e. The van der Waals surface area contributed by atoms with Crippen LogP contribution in [0, 0.1) is 5.92 Å². The predicted molar refractivity (Wildman–Crippen MR) is 75.3 cm³/mol. The van der Waals surface area contributed by atoms with Crippen molar-refractivity contribution in [2.24, 2.45) is 5.92 Å². The number of ether oxygens (including phenoxy) is 1. The maximum absolute atomic E-state index is 9.51. The summed E-state index contributed by atoms with van der Waals surface area (Å²) in [5.74, 6) is 1.15. The van der Waals surface area contributed by atoms with Gasteiger partial charge < -0.3 is 9.84 Å². The van der Waals surface area contributed by atoms with Crippen molar-refractivity contribution in [2.45, 2.75) is 12.8 Å². The summed E-state index contributed by atoms with van der Waals surface area (Å²) in [7, 11) is 1.69. The van der Waals surface area contributed by atoms with Crippen LogP contribution in [0.3, 0.4) is 0 Å². The molecular formula is C15H18O2S. The molecule has 0 amide bonds. The Kier molecular flexibility index (Phi) is 4.79. The van der Waals surface area contributed by atoms with Crippen molar-refractivity contribution in [3.63, 3.8) is 0 Å². The highest BCUT2D eigenvalue weighted by Crippen LogP contribution is 2.23. The molecule has 2 rings (SSSR count). The number of aliphatic hydroxyl groups is 1. The van der Waals surface area contributed by atoms with Gasteiger partial charge in [-0.2, -0.15) is 0 Å². The number of methoxy groups -OCH3 is 1. The number of hydrogen-bond acceptors (Lipinski definition) is 3. The van der Waals surface area contributed by atoms with E-state index in [0.29, 0.717) is 0 Å². The van der Waals surface area contributed by atoms with E-state index >= 15 is 0 Å². The van der Waals surface area contributed by atoms with Crippen molar-refractivity contribution in [3.05, 3.63) is 52.2 Å². The summed E-state index contributed by atoms with van der Waals surface area (Å²) < 4.78 is 5.35. The summed E-state index contributed by atoms with van der Waals surface area (Å²) in [5, 5.41) is 11.6. The van der Waals surface area contributed by atoms with E-state index in [1.165, 1.54) is 4.88 Å². The third kappa shape index (κ3) is 3.34. The molecule has 0 aliphatic heterocycles. The lowest BCUT2D eigenvalue weighted by Gasteiger charge is -2.15. The van der Waals surface area contributed by atoms with Crippen LogP contribution >= 0.6 is 11.3 Å². The van der Waals surface area contributed by atoms with Crippen molar-refractivity contribution in [2.75, 3.05) is 13.7 Å². The van der Waals surface area contributed by atoms with Crippen LogP contribution in [0.25, 0.3) is 0 Å². The second-order valence-corrected chi connectivity index (χ2v) is 5.38. The van der Waals surface area contributed by atoms with Crippen LogP contribution in [-0.2, 0) is 12.8 Å². The summed E-state index contributed by atoms with van der Waals surface area (Å²) in [6, 6.07) is 12.2. The maximum atomic E-state index is 9.51. The number of thiophene rings is 1. The van der Waals surface area contributed by atoms with Gasteiger partial charge in [0.05, 0.1) is 7.11 Å². The normalized spacial score (nSPS) is 12.3. The van der Waals surface area contributed by atoms with Crippen molar-refractivity contribution in [3.8, 4) is 5.75 Å². The molecule has 0 aliphatic rings. The Balaban J connectivity index is 2.05. The Labute approximate surface area is 112 Å². The molecule has 1 aromatic heterocycles. The van der Waals surface area contributed by atoms with Crippen molar-refractivity contribution >= 4 is 11.3 Å². The molecule has 1 heterocycles. The first-order valence-electron chi connectivity index (χ1n) is 6.08. The Morgan fingerprint density at radius 2 is 2.00 bits per heavy atom. The monoisotopic (exact) mass is 262 g/mol. The largest absolute Gasteiger partial charge is 0.496 e. The Morgan fingerprint density at radius 3 is 2.67 bits per heavy atom. The third-order valence-electron chi connectivity index (χ3n) is 3.03. The summed E-state index contributed by atoms with van der Waals surface area (Å²) in [6.45, 7) is 0.204. The molecule has 1 aromatic carbocycles. The van der Waals surface area contributed by atoms with Gasteiger partial charge in [0.2, 0.25) is 0 Å². The van der Waals surface area contributed by atoms with E-state index in [2.05, 4.69) is 23.6 Å². The molecule has 2 aromatic rings. The van der Waals surface area contributed by atoms with Gasteiger partial charge in [0, 0.05) is 11.5 Å². The fourth-order valence-electron chi connectivity index (χ4n) is 2.10. The zero-order valence-corrected chi connectivity index (χ0v) is 11.3. The zero-order valence-electron chi connectivity index (χ0n) is 10.5. The average molecular weight is 262 g/mol. The molecule has 0 saturated heterocycles. The van der Waals surface area contributed by atoms with E-state index in [1.807, 2.05) is 18.2 Å². The van der Waals surface area contributed by atoms with E-state index < -0.39 is 0 Å². The maximum Gasteiger partial charge on any atom is 0.122 e. The molecule has 1 N–H and O–H groups in total. The quantitative estimate of drug-likeness (QED) is 0.866. The Morgan fingerprint density at radius 1 is 1.17 bits per heavy atom. The zero-order chi connectivity index (χ0) is 12.8. The molecule has 96 valence electrons. The van der Waals surface area contributed by atoms with Gasteiger partial charge in [0.15, 0.2) is 0 Å².